The molecule has 0 radical (unpaired) electrons. The summed E-state index contributed by atoms with van der Waals surface area (Å²) in [6, 6.07) is 13.9. The second-order valence-electron chi connectivity index (χ2n) is 7.80. The minimum Gasteiger partial charge on any atom is -0.497 e. The Balaban J connectivity index is 1.41. The van der Waals surface area contributed by atoms with Crippen LogP contribution in [0.1, 0.15) is 11.1 Å². The van der Waals surface area contributed by atoms with Gasteiger partial charge in [0, 0.05) is 38.4 Å². The molecule has 0 spiro atoms. The Hall–Kier alpha value is -3.27. The van der Waals surface area contributed by atoms with Gasteiger partial charge in [0.15, 0.2) is 0 Å². The number of methoxy groups -OCH3 is 1. The highest BCUT2D eigenvalue weighted by molar-refractivity contribution is 5.89. The molecule has 2 aromatic carbocycles. The molecule has 3 rings (SSSR count). The van der Waals surface area contributed by atoms with Crippen molar-refractivity contribution >= 4 is 17.6 Å². The van der Waals surface area contributed by atoms with Crippen molar-refractivity contribution < 1.29 is 27.5 Å². The number of halogens is 3. The number of nitrogens with one attached hydrogen (secondary N) is 2. The van der Waals surface area contributed by atoms with E-state index in [-0.39, 0.29) is 44.5 Å². The van der Waals surface area contributed by atoms with Gasteiger partial charge in [-0.3, -0.25) is 9.69 Å². The van der Waals surface area contributed by atoms with Gasteiger partial charge < -0.3 is 20.3 Å². The summed E-state index contributed by atoms with van der Waals surface area (Å²) in [4.78, 5) is 27.5. The zero-order valence-electron chi connectivity index (χ0n) is 18.3. The van der Waals surface area contributed by atoms with E-state index < -0.39 is 12.7 Å². The molecule has 7 nitrogen and oxygen atoms in total. The number of anilines is 1. The summed E-state index contributed by atoms with van der Waals surface area (Å²) >= 11 is 0. The number of ether oxygens (including phenoxy) is 1. The number of carbonyl (C=O) groups is 2. The first kappa shape index (κ1) is 24.4. The molecule has 0 bridgehead atoms. The third-order valence-electron chi connectivity index (χ3n) is 5.31. The van der Waals surface area contributed by atoms with E-state index in [1.165, 1.54) is 4.90 Å². The zero-order chi connectivity index (χ0) is 23.8. The maximum atomic E-state index is 12.5. The predicted octanol–water partition coefficient (Wildman–Crippen LogP) is 3.27. The van der Waals surface area contributed by atoms with Crippen LogP contribution in [-0.4, -0.2) is 67.7 Å². The lowest BCUT2D eigenvalue weighted by Gasteiger charge is -2.35. The Labute approximate surface area is 190 Å². The van der Waals surface area contributed by atoms with Crippen LogP contribution in [0.2, 0.25) is 0 Å². The van der Waals surface area contributed by atoms with Gasteiger partial charge in [0.1, 0.15) is 5.75 Å². The fourth-order valence-corrected chi connectivity index (χ4v) is 3.50. The van der Waals surface area contributed by atoms with Crippen LogP contribution < -0.4 is 15.4 Å². The van der Waals surface area contributed by atoms with Gasteiger partial charge in [0.2, 0.25) is 5.91 Å². The van der Waals surface area contributed by atoms with E-state index in [9.17, 15) is 22.8 Å². The normalized spacial score (nSPS) is 14.6. The Morgan fingerprint density at radius 3 is 2.12 bits per heavy atom. The van der Waals surface area contributed by atoms with Crippen molar-refractivity contribution in [2.45, 2.75) is 19.1 Å². The number of rotatable bonds is 7. The standard InChI is InChI=1S/C23H27F3N4O3/c1-33-20-8-4-18(5-9-20)15-27-22(32)28-19-6-2-17(3-7-19)14-21(31)30-12-10-29(11-13-30)16-23(24,25)26/h2-9H,10-16H2,1H3,(H2,27,28,32). The molecule has 1 aliphatic rings. The van der Waals surface area contributed by atoms with E-state index in [4.69, 9.17) is 4.74 Å². The molecule has 33 heavy (non-hydrogen) atoms. The minimum absolute atomic E-state index is 0.125. The van der Waals surface area contributed by atoms with E-state index in [1.807, 2.05) is 24.3 Å². The van der Waals surface area contributed by atoms with Crippen molar-refractivity contribution in [1.82, 2.24) is 15.1 Å². The van der Waals surface area contributed by atoms with Crippen molar-refractivity contribution in [1.29, 1.82) is 0 Å². The monoisotopic (exact) mass is 464 g/mol. The van der Waals surface area contributed by atoms with Crippen LogP contribution in [0.15, 0.2) is 48.5 Å². The van der Waals surface area contributed by atoms with Crippen LogP contribution in [0, 0.1) is 0 Å². The molecular formula is C23H27F3N4O3. The highest BCUT2D eigenvalue weighted by Gasteiger charge is 2.32. The first-order valence-electron chi connectivity index (χ1n) is 10.6. The number of amides is 3. The molecule has 1 fully saturated rings. The van der Waals surface area contributed by atoms with Crippen LogP contribution in [0.5, 0.6) is 5.75 Å². The number of carbonyl (C=O) groups excluding carboxylic acids is 2. The first-order chi connectivity index (χ1) is 15.7. The van der Waals surface area contributed by atoms with E-state index in [0.29, 0.717) is 12.2 Å². The van der Waals surface area contributed by atoms with Crippen LogP contribution >= 0.6 is 0 Å². The second-order valence-corrected chi connectivity index (χ2v) is 7.80. The number of hydrogen-bond donors (Lipinski definition) is 2. The van der Waals surface area contributed by atoms with Crippen molar-refractivity contribution in [2.75, 3.05) is 45.2 Å². The summed E-state index contributed by atoms with van der Waals surface area (Å²) in [5.41, 5.74) is 2.28. The average Bonchev–Trinajstić information content (AvgIpc) is 2.79. The Morgan fingerprint density at radius 2 is 1.55 bits per heavy atom. The van der Waals surface area contributed by atoms with Crippen LogP contribution in [-0.2, 0) is 17.8 Å². The summed E-state index contributed by atoms with van der Waals surface area (Å²) < 4.78 is 42.6. The Morgan fingerprint density at radius 1 is 0.939 bits per heavy atom. The molecule has 3 amide bonds. The van der Waals surface area contributed by atoms with Gasteiger partial charge in [-0.2, -0.15) is 13.2 Å². The zero-order valence-corrected chi connectivity index (χ0v) is 18.3. The molecule has 1 heterocycles. The van der Waals surface area contributed by atoms with Gasteiger partial charge in [0.05, 0.1) is 20.1 Å². The van der Waals surface area contributed by atoms with Gasteiger partial charge >= 0.3 is 12.2 Å². The molecule has 2 N–H and O–H groups in total. The number of nitrogens with zero attached hydrogens (tertiary/aromatic N) is 2. The second kappa shape index (κ2) is 11.0. The van der Waals surface area contributed by atoms with Crippen LogP contribution in [0.3, 0.4) is 0 Å². The summed E-state index contributed by atoms with van der Waals surface area (Å²) in [7, 11) is 1.59. The Bertz CT molecular complexity index is 925. The number of urea groups is 1. The summed E-state index contributed by atoms with van der Waals surface area (Å²) in [6.07, 6.45) is -4.07. The lowest BCUT2D eigenvalue weighted by atomic mass is 10.1. The van der Waals surface area contributed by atoms with Crippen LogP contribution in [0.4, 0.5) is 23.7 Å². The maximum Gasteiger partial charge on any atom is 0.401 e. The van der Waals surface area contributed by atoms with Gasteiger partial charge in [-0.05, 0) is 35.4 Å². The molecule has 2 aromatic rings. The third-order valence-corrected chi connectivity index (χ3v) is 5.31. The van der Waals surface area contributed by atoms with Gasteiger partial charge in [0.25, 0.3) is 0 Å². The summed E-state index contributed by atoms with van der Waals surface area (Å²) in [6.45, 7) is 0.390. The highest BCUT2D eigenvalue weighted by atomic mass is 19.4. The SMILES string of the molecule is COc1ccc(CNC(=O)Nc2ccc(CC(=O)N3CCN(CC(F)(F)F)CC3)cc2)cc1. The van der Waals surface area contributed by atoms with E-state index in [1.54, 1.807) is 36.3 Å². The summed E-state index contributed by atoms with van der Waals surface area (Å²) in [5, 5.41) is 5.50. The van der Waals surface area contributed by atoms with E-state index in [0.717, 1.165) is 16.9 Å². The highest BCUT2D eigenvalue weighted by Crippen LogP contribution is 2.18. The topological polar surface area (TPSA) is 73.9 Å². The summed E-state index contributed by atoms with van der Waals surface area (Å²) in [5.74, 6) is 0.616. The molecule has 0 aromatic heterocycles. The molecule has 0 atom stereocenters. The third kappa shape index (κ3) is 7.98. The maximum absolute atomic E-state index is 12.5. The van der Waals surface area contributed by atoms with Crippen molar-refractivity contribution in [3.8, 4) is 5.75 Å². The molecule has 0 saturated carbocycles. The van der Waals surface area contributed by atoms with E-state index in [2.05, 4.69) is 10.6 Å². The number of piperazine rings is 1. The predicted molar refractivity (Wildman–Crippen MR) is 118 cm³/mol. The number of alkyl halides is 3. The minimum atomic E-state index is -4.23. The molecular weight excluding hydrogens is 437 g/mol. The molecule has 1 saturated heterocycles. The van der Waals surface area contributed by atoms with Gasteiger partial charge in [-0.25, -0.2) is 4.79 Å². The van der Waals surface area contributed by atoms with Crippen molar-refractivity contribution in [2.24, 2.45) is 0 Å². The number of hydrogen-bond acceptors (Lipinski definition) is 4. The van der Waals surface area contributed by atoms with Crippen molar-refractivity contribution in [3.63, 3.8) is 0 Å². The quantitative estimate of drug-likeness (QED) is 0.660. The molecule has 0 aliphatic carbocycles. The van der Waals surface area contributed by atoms with Crippen LogP contribution in [0.25, 0.3) is 0 Å². The van der Waals surface area contributed by atoms with Gasteiger partial charge in [-0.15, -0.1) is 0 Å². The molecule has 1 aliphatic heterocycles. The number of benzene rings is 2. The fourth-order valence-electron chi connectivity index (χ4n) is 3.50. The fraction of sp³-hybridized carbons (Fsp3) is 0.391. The molecule has 178 valence electrons. The molecule has 0 unspecified atom stereocenters. The average molecular weight is 464 g/mol. The largest absolute Gasteiger partial charge is 0.497 e. The molecule has 10 heteroatoms. The van der Waals surface area contributed by atoms with Crippen molar-refractivity contribution in [3.05, 3.63) is 59.7 Å². The smallest absolute Gasteiger partial charge is 0.401 e. The first-order valence-corrected chi connectivity index (χ1v) is 10.6. The van der Waals surface area contributed by atoms with E-state index >= 15 is 0 Å². The van der Waals surface area contributed by atoms with Gasteiger partial charge in [-0.1, -0.05) is 24.3 Å². The lowest BCUT2D eigenvalue weighted by Crippen LogP contribution is -2.51. The lowest BCUT2D eigenvalue weighted by molar-refractivity contribution is -0.151. The Kier molecular flexibility index (Phi) is 8.16.